The fourth-order valence-electron chi connectivity index (χ4n) is 5.44. The zero-order valence-electron chi connectivity index (χ0n) is 19.3. The zero-order chi connectivity index (χ0) is 23.2. The number of piperazine rings is 1. The lowest BCUT2D eigenvalue weighted by Crippen LogP contribution is -2.44. The predicted molar refractivity (Wildman–Crippen MR) is 139 cm³/mol. The van der Waals surface area contributed by atoms with Gasteiger partial charge in [-0.1, -0.05) is 11.6 Å². The number of imidazole rings is 1. The van der Waals surface area contributed by atoms with Gasteiger partial charge in [0.2, 0.25) is 0 Å². The normalized spacial score (nSPS) is 18.2. The van der Waals surface area contributed by atoms with Crippen molar-refractivity contribution in [2.45, 2.75) is 18.8 Å². The summed E-state index contributed by atoms with van der Waals surface area (Å²) >= 11 is 6.40. The Morgan fingerprint density at radius 2 is 1.76 bits per heavy atom. The van der Waals surface area contributed by atoms with Gasteiger partial charge in [-0.3, -0.25) is 4.79 Å². The summed E-state index contributed by atoms with van der Waals surface area (Å²) in [5.41, 5.74) is 5.42. The first-order chi connectivity index (χ1) is 16.6. The number of H-pyrrole nitrogens is 2. The molecular formula is C26H29ClN6O. The SMILES string of the molecule is CN1CCN(c2ccc3nc(-c4c(C5CCNCC5)c5cc(Cl)ccc5[nH]c4=O)[nH]c3c2)CC1. The molecule has 8 heteroatoms. The van der Waals surface area contributed by atoms with E-state index in [1.807, 2.05) is 18.2 Å². The Morgan fingerprint density at radius 1 is 0.971 bits per heavy atom. The van der Waals surface area contributed by atoms with E-state index in [1.165, 1.54) is 5.69 Å². The number of nitrogens with one attached hydrogen (secondary N) is 3. The van der Waals surface area contributed by atoms with Crippen LogP contribution in [0.4, 0.5) is 5.69 Å². The van der Waals surface area contributed by atoms with Gasteiger partial charge < -0.3 is 25.1 Å². The van der Waals surface area contributed by atoms with E-state index in [4.69, 9.17) is 16.6 Å². The van der Waals surface area contributed by atoms with Crippen LogP contribution >= 0.6 is 11.6 Å². The molecule has 0 unspecified atom stereocenters. The Labute approximate surface area is 203 Å². The Morgan fingerprint density at radius 3 is 2.56 bits per heavy atom. The van der Waals surface area contributed by atoms with Crippen molar-refractivity contribution in [3.05, 3.63) is 57.3 Å². The van der Waals surface area contributed by atoms with E-state index in [-0.39, 0.29) is 11.5 Å². The number of anilines is 1. The summed E-state index contributed by atoms with van der Waals surface area (Å²) in [7, 11) is 2.16. The number of aromatic amines is 2. The van der Waals surface area contributed by atoms with Crippen LogP contribution in [-0.4, -0.2) is 66.2 Å². The molecule has 0 radical (unpaired) electrons. The van der Waals surface area contributed by atoms with Gasteiger partial charge in [0.15, 0.2) is 0 Å². The van der Waals surface area contributed by atoms with E-state index in [0.717, 1.165) is 79.6 Å². The molecule has 2 fully saturated rings. The van der Waals surface area contributed by atoms with Crippen molar-refractivity contribution in [2.75, 3.05) is 51.2 Å². The van der Waals surface area contributed by atoms with Crippen LogP contribution in [0, 0.1) is 0 Å². The lowest BCUT2D eigenvalue weighted by Gasteiger charge is -2.34. The Balaban J connectivity index is 1.49. The first kappa shape index (κ1) is 21.6. The van der Waals surface area contributed by atoms with Gasteiger partial charge in [-0.05, 0) is 80.9 Å². The molecule has 0 amide bonds. The molecule has 176 valence electrons. The maximum absolute atomic E-state index is 13.4. The van der Waals surface area contributed by atoms with Crippen LogP contribution in [0.3, 0.4) is 0 Å². The third kappa shape index (κ3) is 3.87. The maximum atomic E-state index is 13.4. The van der Waals surface area contributed by atoms with Crippen molar-refractivity contribution in [3.8, 4) is 11.4 Å². The Bertz CT molecular complexity index is 1410. The van der Waals surface area contributed by atoms with Crippen LogP contribution < -0.4 is 15.8 Å². The maximum Gasteiger partial charge on any atom is 0.259 e. The third-order valence-corrected chi connectivity index (χ3v) is 7.57. The predicted octanol–water partition coefficient (Wildman–Crippen LogP) is 3.94. The summed E-state index contributed by atoms with van der Waals surface area (Å²) in [4.78, 5) is 29.6. The number of piperidine rings is 1. The van der Waals surface area contributed by atoms with Crippen molar-refractivity contribution in [2.24, 2.45) is 0 Å². The first-order valence-electron chi connectivity index (χ1n) is 12.1. The molecule has 2 aliphatic heterocycles. The minimum atomic E-state index is -0.110. The number of aromatic nitrogens is 3. The highest BCUT2D eigenvalue weighted by molar-refractivity contribution is 6.31. The summed E-state index contributed by atoms with van der Waals surface area (Å²) < 4.78 is 0. The minimum absolute atomic E-state index is 0.110. The molecule has 0 aliphatic carbocycles. The van der Waals surface area contributed by atoms with Crippen LogP contribution in [-0.2, 0) is 0 Å². The van der Waals surface area contributed by atoms with Gasteiger partial charge in [0, 0.05) is 47.8 Å². The molecule has 0 spiro atoms. The van der Waals surface area contributed by atoms with Crippen molar-refractivity contribution >= 4 is 39.2 Å². The van der Waals surface area contributed by atoms with Gasteiger partial charge in [0.25, 0.3) is 5.56 Å². The van der Waals surface area contributed by atoms with Gasteiger partial charge >= 0.3 is 0 Å². The molecule has 3 N–H and O–H groups in total. The van der Waals surface area contributed by atoms with Gasteiger partial charge in [0.05, 0.1) is 16.6 Å². The number of halogens is 1. The highest BCUT2D eigenvalue weighted by Gasteiger charge is 2.26. The number of hydrogen-bond acceptors (Lipinski definition) is 5. The largest absolute Gasteiger partial charge is 0.369 e. The number of pyridine rings is 1. The highest BCUT2D eigenvalue weighted by atomic mass is 35.5. The van der Waals surface area contributed by atoms with Crippen molar-refractivity contribution in [1.82, 2.24) is 25.2 Å². The molecule has 2 saturated heterocycles. The molecule has 34 heavy (non-hydrogen) atoms. The number of nitrogens with zero attached hydrogens (tertiary/aromatic N) is 3. The van der Waals surface area contributed by atoms with Crippen LogP contribution in [0.2, 0.25) is 5.02 Å². The summed E-state index contributed by atoms with van der Waals surface area (Å²) in [5.74, 6) is 0.899. The molecule has 2 aromatic carbocycles. The Kier molecular flexibility index (Phi) is 5.56. The lowest BCUT2D eigenvalue weighted by atomic mass is 9.85. The molecule has 2 aliphatic rings. The number of rotatable bonds is 3. The number of hydrogen-bond donors (Lipinski definition) is 3. The van der Waals surface area contributed by atoms with Crippen LogP contribution in [0.5, 0.6) is 0 Å². The van der Waals surface area contributed by atoms with Crippen molar-refractivity contribution in [1.29, 1.82) is 0 Å². The van der Waals surface area contributed by atoms with Crippen molar-refractivity contribution < 1.29 is 0 Å². The standard InChI is InChI=1S/C26H29ClN6O/c1-32-10-12-33(13-11-32)18-3-5-21-22(15-18)30-25(29-21)24-23(16-6-8-28-9-7-16)19-14-17(27)2-4-20(19)31-26(24)34/h2-5,14-16,28H,6-13H2,1H3,(H,29,30)(H,31,34). The molecule has 4 aromatic rings. The van der Waals surface area contributed by atoms with Gasteiger partial charge in [-0.25, -0.2) is 4.98 Å². The van der Waals surface area contributed by atoms with Gasteiger partial charge in [-0.15, -0.1) is 0 Å². The molecule has 0 saturated carbocycles. The average molecular weight is 477 g/mol. The Hall–Kier alpha value is -2.87. The molecule has 2 aromatic heterocycles. The molecule has 0 atom stereocenters. The molecule has 7 nitrogen and oxygen atoms in total. The lowest BCUT2D eigenvalue weighted by molar-refractivity contribution is 0.313. The second-order valence-corrected chi connectivity index (χ2v) is 9.97. The van der Waals surface area contributed by atoms with Crippen LogP contribution in [0.15, 0.2) is 41.2 Å². The van der Waals surface area contributed by atoms with Gasteiger partial charge in [-0.2, -0.15) is 0 Å². The highest BCUT2D eigenvalue weighted by Crippen LogP contribution is 2.37. The molecule has 4 heterocycles. The van der Waals surface area contributed by atoms with Crippen LogP contribution in [0.25, 0.3) is 33.3 Å². The van der Waals surface area contributed by atoms with E-state index < -0.39 is 0 Å². The van der Waals surface area contributed by atoms with E-state index in [9.17, 15) is 4.79 Å². The van der Waals surface area contributed by atoms with Crippen LogP contribution in [0.1, 0.15) is 24.3 Å². The quantitative estimate of drug-likeness (QED) is 0.417. The van der Waals surface area contributed by atoms with Gasteiger partial charge in [0.1, 0.15) is 5.82 Å². The topological polar surface area (TPSA) is 80.0 Å². The number of benzene rings is 2. The summed E-state index contributed by atoms with van der Waals surface area (Å²) in [5, 5.41) is 5.11. The summed E-state index contributed by atoms with van der Waals surface area (Å²) in [6, 6.07) is 12.0. The monoisotopic (exact) mass is 476 g/mol. The molecular weight excluding hydrogens is 448 g/mol. The van der Waals surface area contributed by atoms with Crippen molar-refractivity contribution in [3.63, 3.8) is 0 Å². The number of likely N-dealkylation sites (N-methyl/N-ethyl adjacent to an activating group) is 1. The molecule has 6 rings (SSSR count). The first-order valence-corrected chi connectivity index (χ1v) is 12.4. The second kappa shape index (κ2) is 8.73. The smallest absolute Gasteiger partial charge is 0.259 e. The van der Waals surface area contributed by atoms with E-state index in [1.54, 1.807) is 0 Å². The van der Waals surface area contributed by atoms with E-state index >= 15 is 0 Å². The van der Waals surface area contributed by atoms with E-state index in [2.05, 4.69) is 50.3 Å². The third-order valence-electron chi connectivity index (χ3n) is 7.33. The average Bonchev–Trinajstić information content (AvgIpc) is 3.27. The second-order valence-electron chi connectivity index (χ2n) is 9.53. The summed E-state index contributed by atoms with van der Waals surface area (Å²) in [6.07, 6.45) is 1.96. The summed E-state index contributed by atoms with van der Waals surface area (Å²) in [6.45, 7) is 6.00. The fraction of sp³-hybridized carbons (Fsp3) is 0.385. The number of fused-ring (bicyclic) bond motifs is 2. The molecule has 0 bridgehead atoms. The van der Waals surface area contributed by atoms with E-state index in [0.29, 0.717) is 16.4 Å². The minimum Gasteiger partial charge on any atom is -0.369 e. The zero-order valence-corrected chi connectivity index (χ0v) is 20.1. The fourth-order valence-corrected chi connectivity index (χ4v) is 5.61.